The molecule has 5 nitrogen and oxygen atoms in total. The van der Waals surface area contributed by atoms with Crippen molar-refractivity contribution in [3.63, 3.8) is 0 Å². The number of carboxylic acid groups (broad SMARTS) is 1. The number of rotatable bonds is 6. The number of halogens is 1. The summed E-state index contributed by atoms with van der Waals surface area (Å²) in [5, 5.41) is 7.79. The predicted molar refractivity (Wildman–Crippen MR) is 67.1 cm³/mol. The smallest absolute Gasteiger partial charge is 0.321 e. The molecule has 0 radical (unpaired) electrons. The van der Waals surface area contributed by atoms with E-state index in [1.807, 2.05) is 0 Å². The zero-order valence-electron chi connectivity index (χ0n) is 10.4. The Bertz CT molecular complexity index is 433. The summed E-state index contributed by atoms with van der Waals surface area (Å²) < 4.78 is 15.5. The predicted octanol–water partition coefficient (Wildman–Crippen LogP) is 1.95. The van der Waals surface area contributed by atoms with Crippen molar-refractivity contribution in [3.8, 4) is 17.2 Å². The number of ether oxygens (including phenoxy) is 3. The van der Waals surface area contributed by atoms with Crippen molar-refractivity contribution in [2.45, 2.75) is 11.8 Å². The minimum absolute atomic E-state index is 0.139. The number of hydrogen-bond acceptors (Lipinski definition) is 4. The van der Waals surface area contributed by atoms with Gasteiger partial charge in [0.15, 0.2) is 11.5 Å². The second-order valence-corrected chi connectivity index (χ2v) is 4.06. The molecule has 1 unspecified atom stereocenters. The van der Waals surface area contributed by atoms with E-state index in [9.17, 15) is 4.79 Å². The van der Waals surface area contributed by atoms with Gasteiger partial charge in [0, 0.05) is 18.1 Å². The van der Waals surface area contributed by atoms with Gasteiger partial charge >= 0.3 is 5.97 Å². The Kier molecular flexibility index (Phi) is 5.09. The molecule has 1 aromatic carbocycles. The molecule has 1 atom stereocenters. The monoisotopic (exact) mass is 274 g/mol. The van der Waals surface area contributed by atoms with E-state index in [-0.39, 0.29) is 6.42 Å². The van der Waals surface area contributed by atoms with E-state index in [4.69, 9.17) is 30.9 Å². The second kappa shape index (κ2) is 6.35. The number of carboxylic acids is 1. The summed E-state index contributed by atoms with van der Waals surface area (Å²) in [5.41, 5.74) is 0.651. The Balaban J connectivity index is 3.13. The van der Waals surface area contributed by atoms with E-state index >= 15 is 0 Å². The number of alkyl halides is 1. The highest BCUT2D eigenvalue weighted by Gasteiger charge is 2.19. The van der Waals surface area contributed by atoms with Gasteiger partial charge in [0.1, 0.15) is 11.1 Å². The molecule has 100 valence electrons. The van der Waals surface area contributed by atoms with Crippen molar-refractivity contribution < 1.29 is 24.1 Å². The van der Waals surface area contributed by atoms with Crippen LogP contribution in [0, 0.1) is 0 Å². The molecule has 18 heavy (non-hydrogen) atoms. The fourth-order valence-electron chi connectivity index (χ4n) is 1.53. The maximum Gasteiger partial charge on any atom is 0.321 e. The summed E-state index contributed by atoms with van der Waals surface area (Å²) in [7, 11) is 4.51. The van der Waals surface area contributed by atoms with Gasteiger partial charge < -0.3 is 19.3 Å². The molecule has 6 heteroatoms. The van der Waals surface area contributed by atoms with Crippen LogP contribution in [0.3, 0.4) is 0 Å². The first-order valence-corrected chi connectivity index (χ1v) is 5.62. The first kappa shape index (κ1) is 14.4. The number of benzene rings is 1. The Morgan fingerprint density at radius 1 is 1.17 bits per heavy atom. The third-order valence-electron chi connectivity index (χ3n) is 2.45. The quantitative estimate of drug-likeness (QED) is 0.803. The molecular weight excluding hydrogens is 260 g/mol. The topological polar surface area (TPSA) is 65.0 Å². The maximum atomic E-state index is 10.8. The number of carbonyl (C=O) groups is 1. The third kappa shape index (κ3) is 3.20. The van der Waals surface area contributed by atoms with Crippen LogP contribution >= 0.6 is 11.6 Å². The Hall–Kier alpha value is -1.62. The molecule has 0 aromatic heterocycles. The molecule has 0 heterocycles. The van der Waals surface area contributed by atoms with Crippen LogP contribution in [-0.4, -0.2) is 37.8 Å². The normalized spacial score (nSPS) is 11.8. The molecular formula is C12H15ClO5. The lowest BCUT2D eigenvalue weighted by molar-refractivity contribution is -0.136. The number of hydrogen-bond donors (Lipinski definition) is 1. The van der Waals surface area contributed by atoms with Crippen molar-refractivity contribution >= 4 is 17.6 Å². The third-order valence-corrected chi connectivity index (χ3v) is 2.79. The fraction of sp³-hybridized carbons (Fsp3) is 0.417. The lowest BCUT2D eigenvalue weighted by Crippen LogP contribution is -2.16. The molecule has 0 spiro atoms. The molecule has 0 fully saturated rings. The first-order chi connectivity index (χ1) is 8.53. The zero-order chi connectivity index (χ0) is 13.7. The van der Waals surface area contributed by atoms with Gasteiger partial charge in [-0.3, -0.25) is 4.79 Å². The van der Waals surface area contributed by atoms with Gasteiger partial charge in [-0.2, -0.15) is 0 Å². The van der Waals surface area contributed by atoms with E-state index in [0.717, 1.165) is 0 Å². The van der Waals surface area contributed by atoms with E-state index in [1.54, 1.807) is 12.1 Å². The summed E-state index contributed by atoms with van der Waals surface area (Å²) in [6.07, 6.45) is 0.139. The van der Waals surface area contributed by atoms with Crippen LogP contribution in [0.25, 0.3) is 0 Å². The van der Waals surface area contributed by atoms with Crippen molar-refractivity contribution in [2.75, 3.05) is 21.3 Å². The SMILES string of the molecule is COc1cc(OC)c(OC)cc1CC(Cl)C(=O)O. The highest BCUT2D eigenvalue weighted by atomic mass is 35.5. The summed E-state index contributed by atoms with van der Waals surface area (Å²) in [6, 6.07) is 3.30. The lowest BCUT2D eigenvalue weighted by atomic mass is 10.1. The van der Waals surface area contributed by atoms with Crippen LogP contribution in [0.2, 0.25) is 0 Å². The van der Waals surface area contributed by atoms with Crippen molar-refractivity contribution in [2.24, 2.45) is 0 Å². The average Bonchev–Trinajstić information content (AvgIpc) is 2.37. The number of aliphatic carboxylic acids is 1. The zero-order valence-corrected chi connectivity index (χ0v) is 11.2. The largest absolute Gasteiger partial charge is 0.496 e. The standard InChI is InChI=1S/C12H15ClO5/c1-16-9-6-11(18-3)10(17-2)5-7(9)4-8(13)12(14)15/h5-6,8H,4H2,1-3H3,(H,14,15). The summed E-state index contributed by atoms with van der Waals surface area (Å²) >= 11 is 5.72. The van der Waals surface area contributed by atoms with Crippen LogP contribution < -0.4 is 14.2 Å². The van der Waals surface area contributed by atoms with Crippen molar-refractivity contribution in [3.05, 3.63) is 17.7 Å². The Morgan fingerprint density at radius 2 is 1.67 bits per heavy atom. The minimum Gasteiger partial charge on any atom is -0.496 e. The summed E-state index contributed by atoms with van der Waals surface area (Å²) in [5.74, 6) is 0.454. The van der Waals surface area contributed by atoms with Gasteiger partial charge in [-0.1, -0.05) is 0 Å². The molecule has 0 bridgehead atoms. The molecule has 0 saturated carbocycles. The van der Waals surface area contributed by atoms with Crippen molar-refractivity contribution in [1.29, 1.82) is 0 Å². The van der Waals surface area contributed by atoms with Crippen LogP contribution in [-0.2, 0) is 11.2 Å². The van der Waals surface area contributed by atoms with Gasteiger partial charge in [-0.25, -0.2) is 0 Å². The minimum atomic E-state index is -1.08. The molecule has 1 aromatic rings. The van der Waals surface area contributed by atoms with Crippen molar-refractivity contribution in [1.82, 2.24) is 0 Å². The first-order valence-electron chi connectivity index (χ1n) is 5.19. The van der Waals surface area contributed by atoms with E-state index in [1.165, 1.54) is 21.3 Å². The second-order valence-electron chi connectivity index (χ2n) is 3.53. The molecule has 0 aliphatic rings. The number of methoxy groups -OCH3 is 3. The lowest BCUT2D eigenvalue weighted by Gasteiger charge is -2.14. The van der Waals surface area contributed by atoms with Crippen LogP contribution in [0.5, 0.6) is 17.2 Å². The van der Waals surface area contributed by atoms with Gasteiger partial charge in [0.25, 0.3) is 0 Å². The fourth-order valence-corrected chi connectivity index (χ4v) is 1.70. The van der Waals surface area contributed by atoms with Gasteiger partial charge in [0.05, 0.1) is 21.3 Å². The Labute approximate surface area is 110 Å². The molecule has 0 aliphatic carbocycles. The molecule has 1 rings (SSSR count). The van der Waals surface area contributed by atoms with Gasteiger partial charge in [0.2, 0.25) is 0 Å². The molecule has 1 N–H and O–H groups in total. The van der Waals surface area contributed by atoms with Crippen LogP contribution in [0.4, 0.5) is 0 Å². The van der Waals surface area contributed by atoms with Crippen LogP contribution in [0.1, 0.15) is 5.56 Å². The summed E-state index contributed by atoms with van der Waals surface area (Å²) in [4.78, 5) is 10.8. The highest BCUT2D eigenvalue weighted by molar-refractivity contribution is 6.29. The Morgan fingerprint density at radius 3 is 2.11 bits per heavy atom. The summed E-state index contributed by atoms with van der Waals surface area (Å²) in [6.45, 7) is 0. The average molecular weight is 275 g/mol. The van der Waals surface area contributed by atoms with E-state index in [0.29, 0.717) is 22.8 Å². The highest BCUT2D eigenvalue weighted by Crippen LogP contribution is 2.35. The molecule has 0 aliphatic heterocycles. The van der Waals surface area contributed by atoms with Gasteiger partial charge in [-0.05, 0) is 6.07 Å². The maximum absolute atomic E-state index is 10.8. The van der Waals surface area contributed by atoms with Gasteiger partial charge in [-0.15, -0.1) is 11.6 Å². The van der Waals surface area contributed by atoms with Crippen LogP contribution in [0.15, 0.2) is 12.1 Å². The van der Waals surface area contributed by atoms with E-state index < -0.39 is 11.3 Å². The molecule has 0 amide bonds. The molecule has 0 saturated heterocycles. The van der Waals surface area contributed by atoms with E-state index in [2.05, 4.69) is 0 Å².